The fraction of sp³-hybridized carbons (Fsp3) is 0.217. The van der Waals surface area contributed by atoms with Gasteiger partial charge in [-0.05, 0) is 35.9 Å². The molecule has 5 rings (SSSR count). The maximum absolute atomic E-state index is 13.0. The molecule has 2 aliphatic rings. The number of hydrogen-bond donors (Lipinski definition) is 2. The Labute approximate surface area is 183 Å². The third kappa shape index (κ3) is 3.22. The molecule has 4 amide bonds. The van der Waals surface area contributed by atoms with Gasteiger partial charge in [0.05, 0.1) is 19.2 Å². The Morgan fingerprint density at radius 1 is 1.19 bits per heavy atom. The van der Waals surface area contributed by atoms with Crippen molar-refractivity contribution in [2.24, 2.45) is 7.05 Å². The molecular weight excluding hydrogens is 410 g/mol. The first-order valence-electron chi connectivity index (χ1n) is 9.93. The van der Waals surface area contributed by atoms with E-state index in [-0.39, 0.29) is 12.5 Å². The second-order valence-corrected chi connectivity index (χ2v) is 7.82. The lowest BCUT2D eigenvalue weighted by Gasteiger charge is -2.26. The molecule has 0 unspecified atom stereocenters. The van der Waals surface area contributed by atoms with E-state index in [4.69, 9.17) is 4.74 Å². The average Bonchev–Trinajstić information content (AvgIpc) is 3.38. The lowest BCUT2D eigenvalue weighted by Crippen LogP contribution is -2.54. The fourth-order valence-corrected chi connectivity index (χ4v) is 4.02. The number of hydrogen-bond acceptors (Lipinski definition) is 5. The zero-order chi connectivity index (χ0) is 22.5. The summed E-state index contributed by atoms with van der Waals surface area (Å²) in [4.78, 5) is 39.2. The summed E-state index contributed by atoms with van der Waals surface area (Å²) in [6.07, 6.45) is 1.87. The Hall–Kier alpha value is -4.32. The van der Waals surface area contributed by atoms with Crippen LogP contribution in [0.25, 0.3) is 10.9 Å². The number of imide groups is 1. The Bertz CT molecular complexity index is 1370. The van der Waals surface area contributed by atoms with Crippen LogP contribution in [0, 0.1) is 11.8 Å². The van der Waals surface area contributed by atoms with E-state index in [9.17, 15) is 14.4 Å². The van der Waals surface area contributed by atoms with E-state index in [2.05, 4.69) is 27.6 Å². The van der Waals surface area contributed by atoms with Gasteiger partial charge in [-0.3, -0.25) is 19.6 Å². The van der Waals surface area contributed by atoms with Crippen LogP contribution in [0.2, 0.25) is 0 Å². The van der Waals surface area contributed by atoms with Gasteiger partial charge < -0.3 is 15.0 Å². The van der Waals surface area contributed by atoms with Gasteiger partial charge in [-0.25, -0.2) is 4.79 Å². The SMILES string of the molecule is COc1ccc2c(c1)C(=O)N(C[C@]1(C#Cc3ccc4nn(C)cc4c3)NC(=O)NC1=O)C2. The molecule has 9 nitrogen and oxygen atoms in total. The van der Waals surface area contributed by atoms with Crippen molar-refractivity contribution in [3.63, 3.8) is 0 Å². The number of aryl methyl sites for hydroxylation is 1. The number of nitrogens with one attached hydrogen (secondary N) is 2. The normalized spacial score (nSPS) is 19.4. The number of rotatable bonds is 3. The molecule has 0 saturated carbocycles. The highest BCUT2D eigenvalue weighted by Gasteiger charge is 2.48. The fourth-order valence-electron chi connectivity index (χ4n) is 4.02. The number of ether oxygens (including phenoxy) is 1. The van der Waals surface area contributed by atoms with E-state index in [1.165, 1.54) is 12.0 Å². The lowest BCUT2D eigenvalue weighted by atomic mass is 9.99. The lowest BCUT2D eigenvalue weighted by molar-refractivity contribution is -0.122. The van der Waals surface area contributed by atoms with Gasteiger partial charge in [0.1, 0.15) is 5.75 Å². The van der Waals surface area contributed by atoms with Gasteiger partial charge in [0.15, 0.2) is 0 Å². The molecule has 3 heterocycles. The molecule has 2 aromatic carbocycles. The molecular formula is C23H19N5O4. The number of urea groups is 1. The second kappa shape index (κ2) is 7.13. The van der Waals surface area contributed by atoms with Crippen LogP contribution in [0.15, 0.2) is 42.6 Å². The summed E-state index contributed by atoms with van der Waals surface area (Å²) >= 11 is 0. The van der Waals surface area contributed by atoms with Crippen molar-refractivity contribution in [3.8, 4) is 17.6 Å². The maximum Gasteiger partial charge on any atom is 0.323 e. The van der Waals surface area contributed by atoms with Crippen LogP contribution in [0.3, 0.4) is 0 Å². The first kappa shape index (κ1) is 19.6. The zero-order valence-corrected chi connectivity index (χ0v) is 17.4. The number of carbonyl (C=O) groups is 3. The summed E-state index contributed by atoms with van der Waals surface area (Å²) in [5, 5.41) is 10.1. The summed E-state index contributed by atoms with van der Waals surface area (Å²) in [6, 6.07) is 10.1. The van der Waals surface area contributed by atoms with Crippen molar-refractivity contribution in [2.45, 2.75) is 12.1 Å². The molecule has 0 aliphatic carbocycles. The molecule has 160 valence electrons. The molecule has 2 N–H and O–H groups in total. The third-order valence-electron chi connectivity index (χ3n) is 5.60. The molecule has 1 fully saturated rings. The van der Waals surface area contributed by atoms with Crippen molar-refractivity contribution >= 4 is 28.7 Å². The first-order chi connectivity index (χ1) is 15.4. The van der Waals surface area contributed by atoms with Gasteiger partial charge in [-0.15, -0.1) is 0 Å². The average molecular weight is 429 g/mol. The number of aromatic nitrogens is 2. The van der Waals surface area contributed by atoms with E-state index in [1.54, 1.807) is 22.9 Å². The number of carbonyl (C=O) groups excluding carboxylic acids is 3. The van der Waals surface area contributed by atoms with E-state index < -0.39 is 17.5 Å². The number of nitrogens with zero attached hydrogens (tertiary/aromatic N) is 3. The van der Waals surface area contributed by atoms with Gasteiger partial charge in [0, 0.05) is 36.3 Å². The van der Waals surface area contributed by atoms with Crippen molar-refractivity contribution in [1.82, 2.24) is 25.3 Å². The second-order valence-electron chi connectivity index (χ2n) is 7.82. The van der Waals surface area contributed by atoms with Crippen LogP contribution in [0.4, 0.5) is 4.79 Å². The minimum absolute atomic E-state index is 0.0808. The minimum Gasteiger partial charge on any atom is -0.497 e. The quantitative estimate of drug-likeness (QED) is 0.480. The number of methoxy groups -OCH3 is 1. The summed E-state index contributed by atoms with van der Waals surface area (Å²) < 4.78 is 6.91. The molecule has 0 radical (unpaired) electrons. The van der Waals surface area contributed by atoms with Crippen LogP contribution in [0.1, 0.15) is 21.5 Å². The zero-order valence-electron chi connectivity index (χ0n) is 17.4. The van der Waals surface area contributed by atoms with Gasteiger partial charge in [0.25, 0.3) is 11.8 Å². The molecule has 1 atom stereocenters. The molecule has 32 heavy (non-hydrogen) atoms. The van der Waals surface area contributed by atoms with Crippen molar-refractivity contribution in [1.29, 1.82) is 0 Å². The third-order valence-corrected chi connectivity index (χ3v) is 5.60. The smallest absolute Gasteiger partial charge is 0.323 e. The van der Waals surface area contributed by atoms with Crippen molar-refractivity contribution in [2.75, 3.05) is 13.7 Å². The number of fused-ring (bicyclic) bond motifs is 2. The monoisotopic (exact) mass is 429 g/mol. The molecule has 9 heteroatoms. The number of amides is 4. The van der Waals surface area contributed by atoms with Gasteiger partial charge in [-0.1, -0.05) is 17.9 Å². The first-order valence-corrected chi connectivity index (χ1v) is 9.93. The van der Waals surface area contributed by atoms with Gasteiger partial charge >= 0.3 is 6.03 Å². The Morgan fingerprint density at radius 2 is 2.03 bits per heavy atom. The standard InChI is InChI=1S/C23H19N5O4/c1-27-11-16-9-14(3-6-19(16)26-27)7-8-23(21(30)24-22(31)25-23)13-28-12-15-4-5-17(32-2)10-18(15)20(28)29/h3-6,9-11H,12-13H2,1-2H3,(H2,24,25,30,31)/t23-/m0/s1. The molecule has 2 aliphatic heterocycles. The molecule has 1 saturated heterocycles. The topological polar surface area (TPSA) is 106 Å². The summed E-state index contributed by atoms with van der Waals surface area (Å²) in [6.45, 7) is 0.231. The highest BCUT2D eigenvalue weighted by atomic mass is 16.5. The summed E-state index contributed by atoms with van der Waals surface area (Å²) in [5.41, 5.74) is 1.28. The van der Waals surface area contributed by atoms with Gasteiger partial charge in [0.2, 0.25) is 5.54 Å². The van der Waals surface area contributed by atoms with Crippen LogP contribution >= 0.6 is 0 Å². The van der Waals surface area contributed by atoms with Crippen LogP contribution in [-0.2, 0) is 18.4 Å². The highest BCUT2D eigenvalue weighted by Crippen LogP contribution is 2.28. The largest absolute Gasteiger partial charge is 0.497 e. The summed E-state index contributed by atoms with van der Waals surface area (Å²) in [5.74, 6) is 5.65. The van der Waals surface area contributed by atoms with E-state index >= 15 is 0 Å². The minimum atomic E-state index is -1.55. The van der Waals surface area contributed by atoms with E-state index in [1.807, 2.05) is 31.4 Å². The Kier molecular flexibility index (Phi) is 4.37. The highest BCUT2D eigenvalue weighted by molar-refractivity contribution is 6.10. The Balaban J connectivity index is 1.47. The summed E-state index contributed by atoms with van der Waals surface area (Å²) in [7, 11) is 3.37. The predicted molar refractivity (Wildman–Crippen MR) is 115 cm³/mol. The van der Waals surface area contributed by atoms with Crippen molar-refractivity contribution < 1.29 is 19.1 Å². The predicted octanol–water partition coefficient (Wildman–Crippen LogP) is 1.17. The van der Waals surface area contributed by atoms with Crippen LogP contribution in [0.5, 0.6) is 5.75 Å². The van der Waals surface area contributed by atoms with E-state index in [0.29, 0.717) is 23.4 Å². The van der Waals surface area contributed by atoms with Crippen LogP contribution in [-0.4, -0.2) is 51.7 Å². The number of benzene rings is 2. The maximum atomic E-state index is 13.0. The molecule has 1 aromatic heterocycles. The van der Waals surface area contributed by atoms with Gasteiger partial charge in [-0.2, -0.15) is 5.10 Å². The molecule has 0 spiro atoms. The molecule has 0 bridgehead atoms. The van der Waals surface area contributed by atoms with Crippen LogP contribution < -0.4 is 15.4 Å². The van der Waals surface area contributed by atoms with Crippen molar-refractivity contribution in [3.05, 3.63) is 59.3 Å². The van der Waals surface area contributed by atoms with E-state index in [0.717, 1.165) is 16.5 Å². The molecule has 3 aromatic rings. The Morgan fingerprint density at radius 3 is 2.78 bits per heavy atom.